The molecule has 1 aromatic heterocycles. The Morgan fingerprint density at radius 3 is 1.75 bits per heavy atom. The summed E-state index contributed by atoms with van der Waals surface area (Å²) in [5.74, 6) is 0. The topological polar surface area (TPSA) is 4.93 Å². The summed E-state index contributed by atoms with van der Waals surface area (Å²) in [5.41, 5.74) is 2.64. The zero-order valence-electron chi connectivity index (χ0n) is 5.10. The molecule has 0 aliphatic carbocycles. The van der Waals surface area contributed by atoms with E-state index in [0.717, 1.165) is 0 Å². The third-order valence-corrected chi connectivity index (χ3v) is 2.37. The van der Waals surface area contributed by atoms with Crippen molar-refractivity contribution in [2.45, 2.75) is 13.8 Å². The van der Waals surface area contributed by atoms with Crippen LogP contribution in [0, 0.1) is 13.8 Å². The Labute approximate surface area is 61.4 Å². The van der Waals surface area contributed by atoms with Crippen LogP contribution < -0.4 is 0 Å². The molecule has 0 atom stereocenters. The van der Waals surface area contributed by atoms with Gasteiger partial charge in [-0.2, -0.15) is 0 Å². The van der Waals surface area contributed by atoms with Crippen LogP contribution in [0.4, 0.5) is 0 Å². The molecule has 0 bridgehead atoms. The number of aromatic nitrogens is 1. The van der Waals surface area contributed by atoms with Crippen molar-refractivity contribution in [3.05, 3.63) is 23.5 Å². The average molecular weight is 142 g/mol. The van der Waals surface area contributed by atoms with Gasteiger partial charge < -0.3 is 0 Å². The molecule has 41 valence electrons. The van der Waals surface area contributed by atoms with Crippen molar-refractivity contribution in [1.82, 2.24) is 3.05 Å². The standard InChI is InChI=1S/C6H8N.Ti/c1-5-3-4-6(2)7-5;/h3-4H,1-2H3;/q-1;+1. The molecule has 1 nitrogen and oxygen atoms in total. The number of hydrogen-bond donors (Lipinski definition) is 0. The third kappa shape index (κ3) is 0.885. The van der Waals surface area contributed by atoms with Crippen LogP contribution in [0.1, 0.15) is 11.4 Å². The van der Waals surface area contributed by atoms with Crippen molar-refractivity contribution >= 4 is 0 Å². The van der Waals surface area contributed by atoms with Gasteiger partial charge >= 0.3 is 61.1 Å². The molecule has 2 heteroatoms. The molecule has 1 rings (SSSR count). The Balaban J connectivity index is 3.19. The van der Waals surface area contributed by atoms with Crippen LogP contribution in [0.25, 0.3) is 0 Å². The zero-order valence-corrected chi connectivity index (χ0v) is 6.66. The van der Waals surface area contributed by atoms with Gasteiger partial charge in [-0.1, -0.05) is 0 Å². The Bertz CT molecular complexity index is 171. The van der Waals surface area contributed by atoms with E-state index in [1.807, 2.05) is 0 Å². The van der Waals surface area contributed by atoms with E-state index in [2.05, 4.69) is 49.7 Å². The second kappa shape index (κ2) is 2.08. The predicted octanol–water partition coefficient (Wildman–Crippen LogP) is 1.41. The van der Waals surface area contributed by atoms with Crippen molar-refractivity contribution < 1.29 is 20.7 Å². The van der Waals surface area contributed by atoms with E-state index in [1.54, 1.807) is 0 Å². The van der Waals surface area contributed by atoms with Crippen LogP contribution in [0.15, 0.2) is 12.1 Å². The van der Waals surface area contributed by atoms with Gasteiger partial charge in [-0.3, -0.25) is 0 Å². The van der Waals surface area contributed by atoms with Crippen LogP contribution in [0.5, 0.6) is 0 Å². The third-order valence-electron chi connectivity index (χ3n) is 1.27. The molecule has 0 saturated heterocycles. The van der Waals surface area contributed by atoms with Crippen molar-refractivity contribution in [3.63, 3.8) is 0 Å². The van der Waals surface area contributed by atoms with Crippen LogP contribution in [-0.4, -0.2) is 3.05 Å². The Morgan fingerprint density at radius 2 is 1.62 bits per heavy atom. The fourth-order valence-corrected chi connectivity index (χ4v) is 0.901. The van der Waals surface area contributed by atoms with Gasteiger partial charge in [0.25, 0.3) is 0 Å². The molecular formula is C6H8NTi. The summed E-state index contributed by atoms with van der Waals surface area (Å²) in [6.45, 7) is 4.21. The quantitative estimate of drug-likeness (QED) is 0.482. The molecule has 0 fully saturated rings. The number of nitrogens with zero attached hydrogens (tertiary/aromatic N) is 1. The first-order valence-electron chi connectivity index (χ1n) is 2.58. The normalized spacial score (nSPS) is 9.62. The summed E-state index contributed by atoms with van der Waals surface area (Å²) in [6.07, 6.45) is 0. The van der Waals surface area contributed by atoms with Gasteiger partial charge in [0, 0.05) is 0 Å². The summed E-state index contributed by atoms with van der Waals surface area (Å²) in [7, 11) is 0. The van der Waals surface area contributed by atoms with Crippen molar-refractivity contribution in [1.29, 1.82) is 0 Å². The summed E-state index contributed by atoms with van der Waals surface area (Å²) >= 11 is 2.07. The number of aryl methyl sites for hydroxylation is 2. The van der Waals surface area contributed by atoms with Crippen LogP contribution in [0.2, 0.25) is 0 Å². The number of rotatable bonds is 0. The van der Waals surface area contributed by atoms with E-state index in [9.17, 15) is 0 Å². The van der Waals surface area contributed by atoms with Gasteiger partial charge in [0.1, 0.15) is 0 Å². The molecule has 0 aromatic carbocycles. The molecule has 0 radical (unpaired) electrons. The average Bonchev–Trinajstić information content (AvgIpc) is 1.98. The fourth-order valence-electron chi connectivity index (χ4n) is 0.668. The predicted molar refractivity (Wildman–Crippen MR) is 29.3 cm³/mol. The number of hydrogen-bond acceptors (Lipinski definition) is 0. The van der Waals surface area contributed by atoms with Gasteiger partial charge in [0.05, 0.1) is 0 Å². The van der Waals surface area contributed by atoms with E-state index >= 15 is 0 Å². The maximum atomic E-state index is 2.17. The Kier molecular flexibility index (Phi) is 1.59. The minimum absolute atomic E-state index is 1.32. The molecule has 0 N–H and O–H groups in total. The monoisotopic (exact) mass is 142 g/mol. The Morgan fingerprint density at radius 1 is 1.25 bits per heavy atom. The summed E-state index contributed by atoms with van der Waals surface area (Å²) < 4.78 is 2.17. The molecule has 0 aliphatic heterocycles. The van der Waals surface area contributed by atoms with Gasteiger partial charge in [-0.05, 0) is 0 Å². The van der Waals surface area contributed by atoms with Crippen LogP contribution >= 0.6 is 0 Å². The van der Waals surface area contributed by atoms with E-state index in [0.29, 0.717) is 0 Å². The molecule has 1 aromatic rings. The van der Waals surface area contributed by atoms with E-state index in [-0.39, 0.29) is 0 Å². The molecule has 0 amide bonds. The zero-order chi connectivity index (χ0) is 6.15. The van der Waals surface area contributed by atoms with Gasteiger partial charge in [-0.15, -0.1) is 0 Å². The molecule has 0 spiro atoms. The first kappa shape index (κ1) is 6.12. The first-order chi connectivity index (χ1) is 3.72. The molecule has 0 unspecified atom stereocenters. The Hall–Kier alpha value is -0.00571. The van der Waals surface area contributed by atoms with Gasteiger partial charge in [0.2, 0.25) is 0 Å². The van der Waals surface area contributed by atoms with Crippen LogP contribution in [0.3, 0.4) is 0 Å². The van der Waals surface area contributed by atoms with E-state index < -0.39 is 0 Å². The molecule has 0 saturated carbocycles. The van der Waals surface area contributed by atoms with Gasteiger partial charge in [0.15, 0.2) is 0 Å². The van der Waals surface area contributed by atoms with Crippen molar-refractivity contribution in [2.75, 3.05) is 0 Å². The van der Waals surface area contributed by atoms with Crippen LogP contribution in [-0.2, 0) is 20.7 Å². The van der Waals surface area contributed by atoms with E-state index in [4.69, 9.17) is 0 Å². The SMILES string of the molecule is Cc1ccc(C)[n]1[Ti]. The molecule has 0 aliphatic rings. The van der Waals surface area contributed by atoms with Crippen molar-refractivity contribution in [3.8, 4) is 0 Å². The summed E-state index contributed by atoms with van der Waals surface area (Å²) in [5, 5.41) is 0. The second-order valence-corrected chi connectivity index (χ2v) is 2.65. The maximum absolute atomic E-state index is 2.17. The second-order valence-electron chi connectivity index (χ2n) is 1.95. The summed E-state index contributed by atoms with van der Waals surface area (Å²) in [4.78, 5) is 0. The fraction of sp³-hybridized carbons (Fsp3) is 0.333. The summed E-state index contributed by atoms with van der Waals surface area (Å²) in [6, 6.07) is 4.24. The van der Waals surface area contributed by atoms with Gasteiger partial charge in [-0.25, -0.2) is 0 Å². The molecule has 8 heavy (non-hydrogen) atoms. The van der Waals surface area contributed by atoms with Crippen molar-refractivity contribution in [2.24, 2.45) is 0 Å². The minimum atomic E-state index is 1.32. The molecular weight excluding hydrogens is 134 g/mol. The first-order valence-corrected chi connectivity index (χ1v) is 3.28. The molecule has 1 heterocycles. The van der Waals surface area contributed by atoms with E-state index in [1.165, 1.54) is 11.4 Å².